The number of fused-ring (bicyclic) bond motifs is 5. The molecule has 0 aliphatic heterocycles. The number of rotatable bonds is 1. The van der Waals surface area contributed by atoms with Gasteiger partial charge in [0.15, 0.2) is 0 Å². The summed E-state index contributed by atoms with van der Waals surface area (Å²) in [6.45, 7) is 2.29. The average Bonchev–Trinajstić information content (AvgIpc) is 3.42. The van der Waals surface area contributed by atoms with Gasteiger partial charge in [0.25, 0.3) is 0 Å². The fourth-order valence-electron chi connectivity index (χ4n) is 7.60. The van der Waals surface area contributed by atoms with E-state index in [1.54, 1.807) is 0 Å². The van der Waals surface area contributed by atoms with Crippen LogP contribution in [0.15, 0.2) is 42.1 Å². The van der Waals surface area contributed by atoms with Gasteiger partial charge in [0, 0.05) is 11.3 Å². The molecule has 0 bridgehead atoms. The SMILES string of the molecule is CC12CCC3(C#N)C=C4CC(O)CCC4CC[C@]3(O)C1CC=C2c1ccc2cn[nH]c2c1.CNC. The third kappa shape index (κ3) is 3.67. The van der Waals surface area contributed by atoms with Crippen molar-refractivity contribution in [3.8, 4) is 6.07 Å². The maximum Gasteiger partial charge on any atom is 0.105 e. The summed E-state index contributed by atoms with van der Waals surface area (Å²) in [5.74, 6) is 0.402. The van der Waals surface area contributed by atoms with Gasteiger partial charge in [0.1, 0.15) is 5.41 Å². The van der Waals surface area contributed by atoms with Gasteiger partial charge in [-0.05, 0) is 94.0 Å². The predicted octanol–water partition coefficient (Wildman–Crippen LogP) is 4.72. The number of hydrogen-bond acceptors (Lipinski definition) is 5. The quantitative estimate of drug-likeness (QED) is 0.448. The number of aromatic nitrogens is 2. The first-order valence-electron chi connectivity index (χ1n) is 13.1. The topological polar surface area (TPSA) is 105 Å². The highest BCUT2D eigenvalue weighted by Crippen LogP contribution is 2.66. The number of aliphatic hydroxyl groups excluding tert-OH is 1. The molecule has 1 heterocycles. The second kappa shape index (κ2) is 8.89. The summed E-state index contributed by atoms with van der Waals surface area (Å²) in [5.41, 5.74) is 2.62. The number of nitrogens with zero attached hydrogens (tertiary/aromatic N) is 2. The lowest BCUT2D eigenvalue weighted by Crippen LogP contribution is -2.59. The molecule has 4 aliphatic rings. The highest BCUT2D eigenvalue weighted by Gasteiger charge is 2.65. The van der Waals surface area contributed by atoms with Crippen LogP contribution in [0.25, 0.3) is 16.5 Å². The van der Waals surface area contributed by atoms with Crippen molar-refractivity contribution in [3.63, 3.8) is 0 Å². The number of allylic oxidation sites excluding steroid dienone is 2. The molecule has 186 valence electrons. The molecule has 0 radical (unpaired) electrons. The van der Waals surface area contributed by atoms with Gasteiger partial charge in [0.2, 0.25) is 0 Å². The van der Waals surface area contributed by atoms with Gasteiger partial charge in [-0.2, -0.15) is 10.4 Å². The largest absolute Gasteiger partial charge is 0.393 e. The van der Waals surface area contributed by atoms with Crippen LogP contribution in [0.4, 0.5) is 0 Å². The number of nitriles is 1. The maximum atomic E-state index is 12.4. The third-order valence-corrected chi connectivity index (χ3v) is 9.43. The molecule has 4 N–H and O–H groups in total. The van der Waals surface area contributed by atoms with Crippen LogP contribution in [0, 0.1) is 34.0 Å². The molecule has 6 heteroatoms. The lowest BCUT2D eigenvalue weighted by molar-refractivity contribution is -0.143. The van der Waals surface area contributed by atoms with Crippen LogP contribution >= 0.6 is 0 Å². The number of benzene rings is 1. The second-order valence-electron chi connectivity index (χ2n) is 11.4. The zero-order chi connectivity index (χ0) is 24.8. The molecular weight excluding hydrogens is 436 g/mol. The van der Waals surface area contributed by atoms with E-state index < -0.39 is 11.0 Å². The van der Waals surface area contributed by atoms with Gasteiger partial charge in [0.05, 0.1) is 29.5 Å². The lowest BCUT2D eigenvalue weighted by Gasteiger charge is -2.56. The standard InChI is InChI=1S/C27H31N3O2.C2H7N/c1-25-10-11-26(16-28)14-20-12-21(31)5-4-17(20)8-9-27(26,32)24(25)7-6-22(25)18-2-3-19-15-29-30-23(19)13-18;1-3-2/h2-3,6,13-15,17,21,24,31-32H,4-5,7-12H2,1H3,(H,29,30);3H,1-2H3/t17?,21?,24?,25?,26?,27-;/m0./s1. The molecule has 2 saturated carbocycles. The molecule has 6 rings (SSSR count). The predicted molar refractivity (Wildman–Crippen MR) is 138 cm³/mol. The van der Waals surface area contributed by atoms with Crippen LogP contribution < -0.4 is 5.32 Å². The summed E-state index contributed by atoms with van der Waals surface area (Å²) in [6.07, 6.45) is 12.3. The Bertz CT molecular complexity index is 1210. The molecule has 5 unspecified atom stereocenters. The van der Waals surface area contributed by atoms with Crippen molar-refractivity contribution in [2.24, 2.45) is 22.7 Å². The van der Waals surface area contributed by atoms with Crippen molar-refractivity contribution in [2.75, 3.05) is 14.1 Å². The van der Waals surface area contributed by atoms with Crippen molar-refractivity contribution < 1.29 is 10.2 Å². The number of hydrogen-bond donors (Lipinski definition) is 4. The molecule has 2 fully saturated rings. The fraction of sp³-hybridized carbons (Fsp3) is 0.586. The van der Waals surface area contributed by atoms with Gasteiger partial charge < -0.3 is 15.5 Å². The van der Waals surface area contributed by atoms with E-state index in [0.29, 0.717) is 25.2 Å². The molecule has 2 aromatic rings. The Morgan fingerprint density at radius 3 is 2.74 bits per heavy atom. The van der Waals surface area contributed by atoms with E-state index in [9.17, 15) is 15.5 Å². The molecule has 6 nitrogen and oxygen atoms in total. The van der Waals surface area contributed by atoms with Gasteiger partial charge in [-0.1, -0.05) is 36.8 Å². The van der Waals surface area contributed by atoms with E-state index in [-0.39, 0.29) is 17.4 Å². The summed E-state index contributed by atoms with van der Waals surface area (Å²) < 4.78 is 0. The van der Waals surface area contributed by atoms with E-state index in [2.05, 4.69) is 58.9 Å². The van der Waals surface area contributed by atoms with E-state index in [1.165, 1.54) is 16.7 Å². The van der Waals surface area contributed by atoms with Crippen LogP contribution in [-0.4, -0.2) is 46.2 Å². The van der Waals surface area contributed by atoms with E-state index in [0.717, 1.165) is 43.0 Å². The number of aliphatic hydroxyl groups is 2. The molecular formula is C29H38N4O2. The van der Waals surface area contributed by atoms with E-state index in [4.69, 9.17) is 0 Å². The van der Waals surface area contributed by atoms with Crippen LogP contribution in [0.2, 0.25) is 0 Å². The van der Waals surface area contributed by atoms with Gasteiger partial charge >= 0.3 is 0 Å². The molecule has 35 heavy (non-hydrogen) atoms. The summed E-state index contributed by atoms with van der Waals surface area (Å²) >= 11 is 0. The highest BCUT2D eigenvalue weighted by atomic mass is 16.3. The summed E-state index contributed by atoms with van der Waals surface area (Å²) in [5, 5.41) is 44.2. The summed E-state index contributed by atoms with van der Waals surface area (Å²) in [4.78, 5) is 0. The Balaban J connectivity index is 0.000000806. The van der Waals surface area contributed by atoms with Crippen LogP contribution in [-0.2, 0) is 0 Å². The Labute approximate surface area is 208 Å². The van der Waals surface area contributed by atoms with Crippen molar-refractivity contribution in [1.82, 2.24) is 15.5 Å². The third-order valence-electron chi connectivity index (χ3n) is 9.43. The first-order chi connectivity index (χ1) is 16.8. The van der Waals surface area contributed by atoms with Crippen LogP contribution in [0.5, 0.6) is 0 Å². The Morgan fingerprint density at radius 2 is 1.97 bits per heavy atom. The zero-order valence-corrected chi connectivity index (χ0v) is 21.1. The molecule has 0 spiro atoms. The molecule has 0 amide bonds. The highest BCUT2D eigenvalue weighted by molar-refractivity contribution is 5.84. The molecule has 0 saturated heterocycles. The summed E-state index contributed by atoms with van der Waals surface area (Å²) in [7, 11) is 3.75. The normalized spacial score (nSPS) is 38.0. The van der Waals surface area contributed by atoms with Crippen molar-refractivity contribution in [3.05, 3.63) is 47.7 Å². The maximum absolute atomic E-state index is 12.4. The average molecular weight is 475 g/mol. The smallest absolute Gasteiger partial charge is 0.105 e. The van der Waals surface area contributed by atoms with Crippen LogP contribution in [0.1, 0.15) is 63.9 Å². The zero-order valence-electron chi connectivity index (χ0n) is 21.1. The molecule has 1 aromatic heterocycles. The van der Waals surface area contributed by atoms with Crippen LogP contribution in [0.3, 0.4) is 0 Å². The number of nitrogens with one attached hydrogen (secondary N) is 2. The number of H-pyrrole nitrogens is 1. The lowest BCUT2D eigenvalue weighted by atomic mass is 9.49. The van der Waals surface area contributed by atoms with Gasteiger partial charge in [-0.3, -0.25) is 5.10 Å². The Kier molecular flexibility index (Phi) is 6.15. The van der Waals surface area contributed by atoms with Gasteiger partial charge in [-0.25, -0.2) is 0 Å². The monoisotopic (exact) mass is 474 g/mol. The summed E-state index contributed by atoms with van der Waals surface area (Å²) in [6, 6.07) is 9.05. The Hall–Kier alpha value is -2.46. The van der Waals surface area contributed by atoms with Gasteiger partial charge in [-0.15, -0.1) is 0 Å². The van der Waals surface area contributed by atoms with Crippen molar-refractivity contribution in [2.45, 2.75) is 70.0 Å². The van der Waals surface area contributed by atoms with Crippen molar-refractivity contribution in [1.29, 1.82) is 5.26 Å². The minimum Gasteiger partial charge on any atom is -0.393 e. The second-order valence-corrected chi connectivity index (χ2v) is 11.4. The minimum absolute atomic E-state index is 0.0118. The Morgan fingerprint density at radius 1 is 1.17 bits per heavy atom. The molecule has 1 aromatic carbocycles. The van der Waals surface area contributed by atoms with Crippen molar-refractivity contribution >= 4 is 16.5 Å². The fourth-order valence-corrected chi connectivity index (χ4v) is 7.60. The minimum atomic E-state index is -1.06. The first-order valence-corrected chi connectivity index (χ1v) is 13.1. The van der Waals surface area contributed by atoms with E-state index in [1.807, 2.05) is 20.3 Å². The van der Waals surface area contributed by atoms with E-state index >= 15 is 0 Å². The number of aromatic amines is 1. The molecule has 4 aliphatic carbocycles. The first kappa shape index (κ1) is 24.2. The molecule has 6 atom stereocenters.